The monoisotopic (exact) mass is 345 g/mol. The van der Waals surface area contributed by atoms with E-state index in [0.717, 1.165) is 12.1 Å². The van der Waals surface area contributed by atoms with Gasteiger partial charge in [0.25, 0.3) is 0 Å². The number of halogens is 1. The van der Waals surface area contributed by atoms with Crippen molar-refractivity contribution >= 4 is 23.4 Å². The molecule has 5 heteroatoms. The van der Waals surface area contributed by atoms with Crippen molar-refractivity contribution in [1.29, 1.82) is 0 Å². The molecule has 4 nitrogen and oxygen atoms in total. The predicted octanol–water partition coefficient (Wildman–Crippen LogP) is 3.82. The van der Waals surface area contributed by atoms with Crippen LogP contribution in [0.2, 0.25) is 0 Å². The van der Waals surface area contributed by atoms with E-state index in [1.807, 2.05) is 44.4 Å². The maximum atomic E-state index is 12.3. The van der Waals surface area contributed by atoms with Crippen molar-refractivity contribution in [3.8, 4) is 17.1 Å². The largest absolute Gasteiger partial charge is 0.492 e. The minimum absolute atomic E-state index is 0. The molecule has 0 fully saturated rings. The lowest BCUT2D eigenvalue weighted by molar-refractivity contribution is 0.261. The van der Waals surface area contributed by atoms with E-state index in [2.05, 4.69) is 4.90 Å². The Morgan fingerprint density at radius 3 is 2.50 bits per heavy atom. The second-order valence-electron chi connectivity index (χ2n) is 5.65. The molecular formula is C19H20ClNO3. The molecule has 0 saturated carbocycles. The summed E-state index contributed by atoms with van der Waals surface area (Å²) in [6.45, 7) is 1.41. The summed E-state index contributed by atoms with van der Waals surface area (Å²) < 4.78 is 11.6. The molecule has 0 radical (unpaired) electrons. The molecule has 0 aliphatic carbocycles. The first kappa shape index (κ1) is 18.0. The Hall–Kier alpha value is -2.30. The summed E-state index contributed by atoms with van der Waals surface area (Å²) >= 11 is 0. The predicted molar refractivity (Wildman–Crippen MR) is 99.2 cm³/mol. The Kier molecular flexibility index (Phi) is 6.01. The molecule has 0 unspecified atom stereocenters. The van der Waals surface area contributed by atoms with Gasteiger partial charge in [-0.1, -0.05) is 30.3 Å². The Morgan fingerprint density at radius 1 is 1.04 bits per heavy atom. The number of fused-ring (bicyclic) bond motifs is 1. The van der Waals surface area contributed by atoms with Crippen LogP contribution < -0.4 is 10.2 Å². The van der Waals surface area contributed by atoms with Gasteiger partial charge in [-0.3, -0.25) is 4.79 Å². The van der Waals surface area contributed by atoms with Crippen LogP contribution in [0.5, 0.6) is 5.75 Å². The van der Waals surface area contributed by atoms with Gasteiger partial charge in [0.05, 0.1) is 5.39 Å². The van der Waals surface area contributed by atoms with Gasteiger partial charge < -0.3 is 14.1 Å². The van der Waals surface area contributed by atoms with Crippen molar-refractivity contribution in [2.75, 3.05) is 27.2 Å². The van der Waals surface area contributed by atoms with Crippen molar-refractivity contribution in [3.05, 3.63) is 64.8 Å². The zero-order chi connectivity index (χ0) is 16.2. The first-order chi connectivity index (χ1) is 11.1. The zero-order valence-electron chi connectivity index (χ0n) is 13.7. The van der Waals surface area contributed by atoms with Gasteiger partial charge in [0, 0.05) is 24.2 Å². The second-order valence-corrected chi connectivity index (χ2v) is 5.65. The molecule has 126 valence electrons. The molecule has 0 atom stereocenters. The van der Waals surface area contributed by atoms with Gasteiger partial charge in [-0.25, -0.2) is 0 Å². The van der Waals surface area contributed by atoms with Crippen LogP contribution in [0.25, 0.3) is 22.3 Å². The van der Waals surface area contributed by atoms with Crippen molar-refractivity contribution in [3.63, 3.8) is 0 Å². The van der Waals surface area contributed by atoms with E-state index in [1.165, 1.54) is 6.07 Å². The highest BCUT2D eigenvalue weighted by atomic mass is 35.5. The van der Waals surface area contributed by atoms with Gasteiger partial charge in [0.2, 0.25) is 0 Å². The summed E-state index contributed by atoms with van der Waals surface area (Å²) in [4.78, 5) is 14.3. The standard InChI is InChI=1S/C19H19NO3.ClH/c1-20(2)10-11-22-15-8-9-16-17(21)13-18(23-19(16)12-15)14-6-4-3-5-7-14;/h3-9,12-13H,10-11H2,1-2H3;1H. The van der Waals surface area contributed by atoms with Gasteiger partial charge in [0.15, 0.2) is 5.43 Å². The highest BCUT2D eigenvalue weighted by molar-refractivity contribution is 5.85. The number of hydrogen-bond acceptors (Lipinski definition) is 4. The van der Waals surface area contributed by atoms with Crippen LogP contribution in [-0.4, -0.2) is 32.1 Å². The second kappa shape index (κ2) is 7.99. The molecule has 0 amide bonds. The first-order valence-corrected chi connectivity index (χ1v) is 7.54. The topological polar surface area (TPSA) is 42.7 Å². The van der Waals surface area contributed by atoms with Crippen LogP contribution in [0.3, 0.4) is 0 Å². The molecule has 0 aliphatic heterocycles. The fraction of sp³-hybridized carbons (Fsp3) is 0.211. The van der Waals surface area contributed by atoms with Crippen molar-refractivity contribution in [2.45, 2.75) is 0 Å². The minimum Gasteiger partial charge on any atom is -0.492 e. The zero-order valence-corrected chi connectivity index (χ0v) is 14.5. The van der Waals surface area contributed by atoms with Crippen LogP contribution in [0, 0.1) is 0 Å². The molecule has 2 aromatic carbocycles. The van der Waals surface area contributed by atoms with E-state index < -0.39 is 0 Å². The molecule has 3 aromatic rings. The van der Waals surface area contributed by atoms with Gasteiger partial charge in [-0.15, -0.1) is 12.4 Å². The lowest BCUT2D eigenvalue weighted by Gasteiger charge is -2.11. The molecule has 0 saturated heterocycles. The molecule has 24 heavy (non-hydrogen) atoms. The van der Waals surface area contributed by atoms with Crippen molar-refractivity contribution in [1.82, 2.24) is 4.90 Å². The maximum absolute atomic E-state index is 12.3. The summed E-state index contributed by atoms with van der Waals surface area (Å²) in [5.41, 5.74) is 1.37. The summed E-state index contributed by atoms with van der Waals surface area (Å²) in [6, 6.07) is 16.5. The first-order valence-electron chi connectivity index (χ1n) is 7.54. The summed E-state index contributed by atoms with van der Waals surface area (Å²) in [5.74, 6) is 1.27. The van der Waals surface area contributed by atoms with Crippen LogP contribution >= 0.6 is 12.4 Å². The normalized spacial score (nSPS) is 10.6. The SMILES string of the molecule is CN(C)CCOc1ccc2c(=O)cc(-c3ccccc3)oc2c1.Cl. The fourth-order valence-electron chi connectivity index (χ4n) is 2.32. The Bertz CT molecular complexity index is 859. The maximum Gasteiger partial charge on any atom is 0.193 e. The van der Waals surface area contributed by atoms with Gasteiger partial charge in [-0.05, 0) is 26.2 Å². The summed E-state index contributed by atoms with van der Waals surface area (Å²) in [7, 11) is 3.99. The smallest absolute Gasteiger partial charge is 0.193 e. The van der Waals surface area contributed by atoms with Crippen LogP contribution in [0.4, 0.5) is 0 Å². The van der Waals surface area contributed by atoms with Crippen molar-refractivity contribution < 1.29 is 9.15 Å². The van der Waals surface area contributed by atoms with Crippen LogP contribution in [0.1, 0.15) is 0 Å². The number of likely N-dealkylation sites (N-methyl/N-ethyl adjacent to an activating group) is 1. The van der Waals surface area contributed by atoms with E-state index in [9.17, 15) is 4.79 Å². The summed E-state index contributed by atoms with van der Waals surface area (Å²) in [5, 5.41) is 0.560. The third-order valence-electron chi connectivity index (χ3n) is 3.57. The van der Waals surface area contributed by atoms with E-state index in [1.54, 1.807) is 18.2 Å². The summed E-state index contributed by atoms with van der Waals surface area (Å²) in [6.07, 6.45) is 0. The number of rotatable bonds is 5. The van der Waals surface area contributed by atoms with Gasteiger partial charge in [-0.2, -0.15) is 0 Å². The third kappa shape index (κ3) is 4.16. The average Bonchev–Trinajstić information content (AvgIpc) is 2.55. The average molecular weight is 346 g/mol. The Balaban J connectivity index is 0.00000208. The number of nitrogens with zero attached hydrogens (tertiary/aromatic N) is 1. The van der Waals surface area contributed by atoms with E-state index >= 15 is 0 Å². The molecule has 0 spiro atoms. The molecular weight excluding hydrogens is 326 g/mol. The van der Waals surface area contributed by atoms with Crippen LogP contribution in [0.15, 0.2) is 63.8 Å². The molecule has 3 rings (SSSR count). The fourth-order valence-corrected chi connectivity index (χ4v) is 2.32. The molecule has 0 aliphatic rings. The lowest BCUT2D eigenvalue weighted by Crippen LogP contribution is -2.19. The molecule has 1 heterocycles. The highest BCUT2D eigenvalue weighted by Gasteiger charge is 2.08. The molecule has 0 bridgehead atoms. The minimum atomic E-state index is -0.0510. The lowest BCUT2D eigenvalue weighted by atomic mass is 10.1. The number of benzene rings is 2. The van der Waals surface area contributed by atoms with Gasteiger partial charge in [0.1, 0.15) is 23.7 Å². The van der Waals surface area contributed by atoms with E-state index in [0.29, 0.717) is 29.1 Å². The van der Waals surface area contributed by atoms with Crippen molar-refractivity contribution in [2.24, 2.45) is 0 Å². The van der Waals surface area contributed by atoms with Crippen LogP contribution in [-0.2, 0) is 0 Å². The highest BCUT2D eigenvalue weighted by Crippen LogP contribution is 2.24. The number of hydrogen-bond donors (Lipinski definition) is 0. The number of ether oxygens (including phenoxy) is 1. The van der Waals surface area contributed by atoms with Gasteiger partial charge >= 0.3 is 0 Å². The van der Waals surface area contributed by atoms with E-state index in [4.69, 9.17) is 9.15 Å². The Labute approximate surface area is 147 Å². The Morgan fingerprint density at radius 2 is 1.79 bits per heavy atom. The third-order valence-corrected chi connectivity index (χ3v) is 3.57. The van der Waals surface area contributed by atoms with E-state index in [-0.39, 0.29) is 17.8 Å². The molecule has 0 N–H and O–H groups in total. The quantitative estimate of drug-likeness (QED) is 0.705. The molecule has 1 aromatic heterocycles.